The van der Waals surface area contributed by atoms with Crippen molar-refractivity contribution in [3.8, 4) is 12.3 Å². The minimum Gasteiger partial charge on any atom is -0.452 e. The molecule has 0 atom stereocenters. The molecule has 0 fully saturated rings. The van der Waals surface area contributed by atoms with E-state index in [4.69, 9.17) is 15.5 Å². The fourth-order valence-electron chi connectivity index (χ4n) is 1.07. The van der Waals surface area contributed by atoms with Crippen molar-refractivity contribution in [3.05, 3.63) is 0 Å². The number of hydrogen-bond donors (Lipinski definition) is 0. The molecule has 0 heterocycles. The topological polar surface area (TPSA) is 61.8 Å². The van der Waals surface area contributed by atoms with E-state index in [0.29, 0.717) is 0 Å². The van der Waals surface area contributed by atoms with Crippen LogP contribution in [0.4, 0.5) is 0 Å². The molecule has 0 radical (unpaired) electrons. The molecule has 0 saturated heterocycles. The van der Waals surface area contributed by atoms with Gasteiger partial charge >= 0.3 is 13.6 Å². The van der Waals surface area contributed by atoms with Crippen LogP contribution in [0.25, 0.3) is 0 Å². The summed E-state index contributed by atoms with van der Waals surface area (Å²) < 4.78 is 27.2. The largest absolute Gasteiger partial charge is 0.452 e. The lowest BCUT2D eigenvalue weighted by Gasteiger charge is -2.21. The Balaban J connectivity index is 4.54. The normalized spacial score (nSPS) is 11.6. The third-order valence-electron chi connectivity index (χ3n) is 1.38. The summed E-state index contributed by atoms with van der Waals surface area (Å²) in [6.07, 6.45) is 3.91. The van der Waals surface area contributed by atoms with Gasteiger partial charge in [0.2, 0.25) is 0 Å². The second-order valence-electron chi connectivity index (χ2n) is 3.94. The van der Waals surface area contributed by atoms with Crippen LogP contribution in [0.3, 0.4) is 0 Å². The van der Waals surface area contributed by atoms with E-state index in [1.165, 1.54) is 0 Å². The molecule has 98 valence electrons. The van der Waals surface area contributed by atoms with E-state index in [9.17, 15) is 9.36 Å². The number of terminal acetylenes is 1. The summed E-state index contributed by atoms with van der Waals surface area (Å²) in [7, 11) is -3.47. The number of hydrogen-bond acceptors (Lipinski definition) is 5. The van der Waals surface area contributed by atoms with Crippen LogP contribution in [0.2, 0.25) is 0 Å². The molecule has 0 aliphatic heterocycles. The van der Waals surface area contributed by atoms with Gasteiger partial charge in [-0.1, -0.05) is 5.92 Å². The van der Waals surface area contributed by atoms with Gasteiger partial charge in [-0.05, 0) is 27.7 Å². The van der Waals surface area contributed by atoms with Crippen LogP contribution in [0.5, 0.6) is 0 Å². The monoisotopic (exact) mass is 262 g/mol. The van der Waals surface area contributed by atoms with Crippen molar-refractivity contribution in [2.24, 2.45) is 0 Å². The van der Waals surface area contributed by atoms with Crippen molar-refractivity contribution < 1.29 is 23.1 Å². The van der Waals surface area contributed by atoms with Gasteiger partial charge in [-0.3, -0.25) is 9.36 Å². The number of ether oxygens (including phenoxy) is 1. The predicted octanol–water partition coefficient (Wildman–Crippen LogP) is 2.21. The lowest BCUT2D eigenvalue weighted by Crippen LogP contribution is -2.17. The fourth-order valence-corrected chi connectivity index (χ4v) is 2.96. The van der Waals surface area contributed by atoms with Crippen molar-refractivity contribution in [1.82, 2.24) is 0 Å². The summed E-state index contributed by atoms with van der Waals surface area (Å²) in [5.74, 6) is 1.46. The first kappa shape index (κ1) is 16.2. The van der Waals surface area contributed by atoms with E-state index in [0.717, 1.165) is 0 Å². The van der Waals surface area contributed by atoms with Crippen LogP contribution < -0.4 is 0 Å². The van der Waals surface area contributed by atoms with Crippen molar-refractivity contribution in [3.63, 3.8) is 0 Å². The highest BCUT2D eigenvalue weighted by Gasteiger charge is 2.31. The Bertz CT molecular complexity index is 315. The SMILES string of the molecule is C#CCOC(=O)CP(=O)(OC(C)C)OC(C)C. The van der Waals surface area contributed by atoms with Crippen molar-refractivity contribution in [1.29, 1.82) is 0 Å². The van der Waals surface area contributed by atoms with Gasteiger partial charge in [0.05, 0.1) is 12.2 Å². The van der Waals surface area contributed by atoms with Crippen LogP contribution in [-0.4, -0.2) is 30.9 Å². The molecule has 17 heavy (non-hydrogen) atoms. The smallest absolute Gasteiger partial charge is 0.342 e. The van der Waals surface area contributed by atoms with Crippen molar-refractivity contribution in [2.45, 2.75) is 39.9 Å². The van der Waals surface area contributed by atoms with Gasteiger partial charge in [0, 0.05) is 0 Å². The Morgan fingerprint density at radius 3 is 2.06 bits per heavy atom. The molecule has 0 aromatic carbocycles. The molecule has 0 unspecified atom stereocenters. The maximum atomic E-state index is 12.2. The van der Waals surface area contributed by atoms with E-state index in [1.807, 2.05) is 0 Å². The standard InChI is InChI=1S/C11H19O5P/c1-6-7-14-11(12)8-17(13,15-9(2)3)16-10(4)5/h1,9-10H,7-8H2,2-5H3. The maximum Gasteiger partial charge on any atom is 0.342 e. The summed E-state index contributed by atoms with van der Waals surface area (Å²) in [5.41, 5.74) is 0. The molecule has 0 aromatic rings. The van der Waals surface area contributed by atoms with E-state index in [2.05, 4.69) is 10.7 Å². The summed E-state index contributed by atoms with van der Waals surface area (Å²) in [6.45, 7) is 6.70. The fraction of sp³-hybridized carbons (Fsp3) is 0.727. The molecule has 0 aliphatic rings. The maximum absolute atomic E-state index is 12.2. The van der Waals surface area contributed by atoms with E-state index in [1.54, 1.807) is 27.7 Å². The van der Waals surface area contributed by atoms with Gasteiger partial charge in [0.15, 0.2) is 6.61 Å². The molecule has 0 amide bonds. The first-order chi connectivity index (χ1) is 7.79. The Morgan fingerprint density at radius 1 is 1.24 bits per heavy atom. The first-order valence-corrected chi connectivity index (χ1v) is 7.07. The number of rotatable bonds is 7. The number of carbonyl (C=O) groups is 1. The average Bonchev–Trinajstić information content (AvgIpc) is 2.10. The Morgan fingerprint density at radius 2 is 1.71 bits per heavy atom. The van der Waals surface area contributed by atoms with Crippen LogP contribution in [-0.2, 0) is 23.1 Å². The summed E-state index contributed by atoms with van der Waals surface area (Å²) in [6, 6.07) is 0. The summed E-state index contributed by atoms with van der Waals surface area (Å²) >= 11 is 0. The molecule has 0 rings (SSSR count). The minimum absolute atomic E-state index is 0.151. The van der Waals surface area contributed by atoms with Crippen LogP contribution in [0.15, 0.2) is 0 Å². The van der Waals surface area contributed by atoms with E-state index >= 15 is 0 Å². The molecule has 0 N–H and O–H groups in total. The lowest BCUT2D eigenvalue weighted by molar-refractivity contribution is -0.139. The van der Waals surface area contributed by atoms with Gasteiger partial charge in [-0.15, -0.1) is 6.42 Å². The molecule has 0 bridgehead atoms. The van der Waals surface area contributed by atoms with Crippen molar-refractivity contribution >= 4 is 13.6 Å². The van der Waals surface area contributed by atoms with E-state index in [-0.39, 0.29) is 18.8 Å². The van der Waals surface area contributed by atoms with Gasteiger partial charge in [-0.2, -0.15) is 0 Å². The van der Waals surface area contributed by atoms with Crippen molar-refractivity contribution in [2.75, 3.05) is 12.8 Å². The number of esters is 1. The Labute approximate surface area is 102 Å². The zero-order valence-electron chi connectivity index (χ0n) is 10.6. The van der Waals surface area contributed by atoms with Crippen LogP contribution >= 0.6 is 7.60 Å². The summed E-state index contributed by atoms with van der Waals surface area (Å²) in [5, 5.41) is 0. The Kier molecular flexibility index (Phi) is 7.13. The third kappa shape index (κ3) is 7.98. The highest BCUT2D eigenvalue weighted by Crippen LogP contribution is 2.50. The zero-order valence-corrected chi connectivity index (χ0v) is 11.5. The molecule has 5 nitrogen and oxygen atoms in total. The quantitative estimate of drug-likeness (QED) is 0.400. The van der Waals surface area contributed by atoms with E-state index < -0.39 is 19.7 Å². The first-order valence-electron chi connectivity index (χ1n) is 5.34. The highest BCUT2D eigenvalue weighted by molar-refractivity contribution is 7.54. The average molecular weight is 262 g/mol. The highest BCUT2D eigenvalue weighted by atomic mass is 31.2. The second-order valence-corrected chi connectivity index (χ2v) is 5.90. The molecular weight excluding hydrogens is 243 g/mol. The molecular formula is C11H19O5P. The number of carbonyl (C=O) groups excluding carboxylic acids is 1. The molecule has 0 spiro atoms. The minimum atomic E-state index is -3.47. The Hall–Kier alpha value is -0.820. The molecule has 0 aromatic heterocycles. The summed E-state index contributed by atoms with van der Waals surface area (Å²) in [4.78, 5) is 11.3. The lowest BCUT2D eigenvalue weighted by atomic mass is 10.5. The van der Waals surface area contributed by atoms with Gasteiger partial charge in [-0.25, -0.2) is 0 Å². The zero-order chi connectivity index (χ0) is 13.5. The molecule has 6 heteroatoms. The van der Waals surface area contributed by atoms with Crippen LogP contribution in [0, 0.1) is 12.3 Å². The molecule has 0 saturated carbocycles. The van der Waals surface area contributed by atoms with Gasteiger partial charge < -0.3 is 13.8 Å². The molecule has 0 aliphatic carbocycles. The second kappa shape index (κ2) is 7.50. The van der Waals surface area contributed by atoms with Gasteiger partial charge in [0.1, 0.15) is 6.16 Å². The van der Waals surface area contributed by atoms with Crippen LogP contribution in [0.1, 0.15) is 27.7 Å². The third-order valence-corrected chi connectivity index (χ3v) is 3.51. The van der Waals surface area contributed by atoms with Gasteiger partial charge in [0.25, 0.3) is 0 Å². The predicted molar refractivity (Wildman–Crippen MR) is 64.7 cm³/mol.